The summed E-state index contributed by atoms with van der Waals surface area (Å²) in [5.74, 6) is -0.0260. The molecular weight excluding hydrogens is 231 g/mol. The molecule has 0 saturated carbocycles. The van der Waals surface area contributed by atoms with Crippen molar-refractivity contribution < 1.29 is 13.2 Å². The van der Waals surface area contributed by atoms with Crippen molar-refractivity contribution in [1.82, 2.24) is 10.4 Å². The van der Waals surface area contributed by atoms with Gasteiger partial charge in [0, 0.05) is 19.3 Å². The van der Waals surface area contributed by atoms with Crippen molar-refractivity contribution in [3.05, 3.63) is 23.9 Å². The van der Waals surface area contributed by atoms with Crippen LogP contribution in [-0.4, -0.2) is 18.1 Å². The van der Waals surface area contributed by atoms with Crippen LogP contribution in [0.4, 0.5) is 19.0 Å². The van der Waals surface area contributed by atoms with Crippen LogP contribution in [-0.2, 0) is 6.18 Å². The maximum atomic E-state index is 12.8. The number of halogens is 3. The van der Waals surface area contributed by atoms with E-state index in [9.17, 15) is 13.2 Å². The predicted molar refractivity (Wildman–Crippen MR) is 58.4 cm³/mol. The number of hydrazine groups is 1. The van der Waals surface area contributed by atoms with Gasteiger partial charge in [-0.2, -0.15) is 13.2 Å². The zero-order valence-electron chi connectivity index (χ0n) is 9.30. The zero-order valence-corrected chi connectivity index (χ0v) is 9.30. The molecule has 0 aliphatic carbocycles. The summed E-state index contributed by atoms with van der Waals surface area (Å²) < 4.78 is 38.4. The minimum atomic E-state index is -4.36. The number of nitrogens with zero attached hydrogens (tertiary/aromatic N) is 2. The van der Waals surface area contributed by atoms with E-state index >= 15 is 0 Å². The van der Waals surface area contributed by atoms with Crippen LogP contribution in [0, 0.1) is 0 Å². The van der Waals surface area contributed by atoms with E-state index < -0.39 is 11.7 Å². The van der Waals surface area contributed by atoms with Gasteiger partial charge in [0.2, 0.25) is 0 Å². The smallest absolute Gasteiger partial charge is 0.292 e. The molecule has 0 bridgehead atoms. The normalized spacial score (nSPS) is 17.9. The Labute approximate surface area is 97.6 Å². The van der Waals surface area contributed by atoms with Gasteiger partial charge in [0.25, 0.3) is 0 Å². The van der Waals surface area contributed by atoms with Crippen LogP contribution in [0.1, 0.15) is 24.8 Å². The second kappa shape index (κ2) is 4.91. The zero-order chi connectivity index (χ0) is 12.3. The van der Waals surface area contributed by atoms with Gasteiger partial charge in [0.1, 0.15) is 0 Å². The highest BCUT2D eigenvalue weighted by atomic mass is 19.4. The van der Waals surface area contributed by atoms with Crippen molar-refractivity contribution >= 4 is 5.82 Å². The van der Waals surface area contributed by atoms with Crippen molar-refractivity contribution in [1.29, 1.82) is 0 Å². The molecule has 17 heavy (non-hydrogen) atoms. The van der Waals surface area contributed by atoms with E-state index in [0.29, 0.717) is 13.1 Å². The quantitative estimate of drug-likeness (QED) is 0.824. The number of nitrogens with one attached hydrogen (secondary N) is 1. The SMILES string of the molecule is FC(F)(F)c1cccnc1N1CCCCCN1. The summed E-state index contributed by atoms with van der Waals surface area (Å²) in [6.07, 6.45) is -0.0992. The van der Waals surface area contributed by atoms with Crippen LogP contribution in [0.25, 0.3) is 0 Å². The number of hydrogen-bond acceptors (Lipinski definition) is 3. The van der Waals surface area contributed by atoms with Crippen LogP contribution >= 0.6 is 0 Å². The number of pyridine rings is 1. The first-order valence-corrected chi connectivity index (χ1v) is 5.62. The number of aromatic nitrogens is 1. The first kappa shape index (κ1) is 12.2. The summed E-state index contributed by atoms with van der Waals surface area (Å²) in [7, 11) is 0. The highest BCUT2D eigenvalue weighted by Gasteiger charge is 2.35. The molecule has 0 spiro atoms. The van der Waals surface area contributed by atoms with Crippen molar-refractivity contribution in [3.63, 3.8) is 0 Å². The third-order valence-corrected chi connectivity index (χ3v) is 2.71. The lowest BCUT2D eigenvalue weighted by Crippen LogP contribution is -2.39. The first-order chi connectivity index (χ1) is 8.09. The third-order valence-electron chi connectivity index (χ3n) is 2.71. The molecule has 1 aliphatic heterocycles. The standard InChI is InChI=1S/C11H14F3N3/c12-11(13,14)9-5-4-6-15-10(9)17-8-3-1-2-7-16-17/h4-6,16H,1-3,7-8H2. The molecule has 2 rings (SSSR count). The fourth-order valence-corrected chi connectivity index (χ4v) is 1.88. The van der Waals surface area contributed by atoms with Crippen molar-refractivity contribution in [2.45, 2.75) is 25.4 Å². The molecule has 1 N–H and O–H groups in total. The summed E-state index contributed by atoms with van der Waals surface area (Å²) in [4.78, 5) is 3.85. The Morgan fingerprint density at radius 3 is 2.82 bits per heavy atom. The fourth-order valence-electron chi connectivity index (χ4n) is 1.88. The minimum absolute atomic E-state index is 0.0260. The number of anilines is 1. The van der Waals surface area contributed by atoms with Crippen molar-refractivity contribution in [2.75, 3.05) is 18.1 Å². The summed E-state index contributed by atoms with van der Waals surface area (Å²) in [6, 6.07) is 2.37. The van der Waals surface area contributed by atoms with Gasteiger partial charge in [-0.1, -0.05) is 6.42 Å². The second-order valence-corrected chi connectivity index (χ2v) is 3.99. The first-order valence-electron chi connectivity index (χ1n) is 5.62. The van der Waals surface area contributed by atoms with Gasteiger partial charge in [0.05, 0.1) is 5.56 Å². The molecule has 0 unspecified atom stereocenters. The summed E-state index contributed by atoms with van der Waals surface area (Å²) in [5, 5.41) is 1.51. The largest absolute Gasteiger partial charge is 0.420 e. The minimum Gasteiger partial charge on any atom is -0.292 e. The third kappa shape index (κ3) is 2.88. The molecule has 1 saturated heterocycles. The molecular formula is C11H14F3N3. The van der Waals surface area contributed by atoms with Crippen LogP contribution in [0.15, 0.2) is 18.3 Å². The average molecular weight is 245 g/mol. The molecule has 0 atom stereocenters. The maximum absolute atomic E-state index is 12.8. The van der Waals surface area contributed by atoms with Crippen LogP contribution in [0.5, 0.6) is 0 Å². The Balaban J connectivity index is 2.30. The lowest BCUT2D eigenvalue weighted by Gasteiger charge is -2.25. The van der Waals surface area contributed by atoms with E-state index in [0.717, 1.165) is 25.3 Å². The molecule has 0 aromatic carbocycles. The average Bonchev–Trinajstić information content (AvgIpc) is 2.56. The van der Waals surface area contributed by atoms with E-state index in [2.05, 4.69) is 10.4 Å². The lowest BCUT2D eigenvalue weighted by atomic mass is 10.2. The number of rotatable bonds is 1. The molecule has 2 heterocycles. The Kier molecular flexibility index (Phi) is 3.51. The molecule has 3 nitrogen and oxygen atoms in total. The van der Waals surface area contributed by atoms with Gasteiger partial charge in [-0.05, 0) is 25.0 Å². The lowest BCUT2D eigenvalue weighted by molar-refractivity contribution is -0.137. The van der Waals surface area contributed by atoms with Gasteiger partial charge in [-0.3, -0.25) is 5.01 Å². The summed E-state index contributed by atoms with van der Waals surface area (Å²) in [5.41, 5.74) is 2.30. The van der Waals surface area contributed by atoms with E-state index in [-0.39, 0.29) is 5.82 Å². The van der Waals surface area contributed by atoms with Crippen molar-refractivity contribution in [3.8, 4) is 0 Å². The maximum Gasteiger partial charge on any atom is 0.420 e. The van der Waals surface area contributed by atoms with Crippen LogP contribution in [0.2, 0.25) is 0 Å². The van der Waals surface area contributed by atoms with Gasteiger partial charge < -0.3 is 0 Å². The van der Waals surface area contributed by atoms with E-state index in [1.807, 2.05) is 0 Å². The molecule has 1 aromatic rings. The molecule has 0 amide bonds. The summed E-state index contributed by atoms with van der Waals surface area (Å²) >= 11 is 0. The Morgan fingerprint density at radius 1 is 1.24 bits per heavy atom. The van der Waals surface area contributed by atoms with E-state index in [1.54, 1.807) is 0 Å². The number of alkyl halides is 3. The van der Waals surface area contributed by atoms with Gasteiger partial charge in [-0.15, -0.1) is 0 Å². The Hall–Kier alpha value is -1.30. The second-order valence-electron chi connectivity index (χ2n) is 3.99. The molecule has 1 aromatic heterocycles. The topological polar surface area (TPSA) is 28.2 Å². The molecule has 0 radical (unpaired) electrons. The van der Waals surface area contributed by atoms with Gasteiger partial charge in [-0.25, -0.2) is 10.4 Å². The molecule has 94 valence electrons. The predicted octanol–water partition coefficient (Wildman–Crippen LogP) is 2.60. The highest BCUT2D eigenvalue weighted by molar-refractivity contribution is 5.47. The Bertz CT molecular complexity index is 370. The highest BCUT2D eigenvalue weighted by Crippen LogP contribution is 2.34. The van der Waals surface area contributed by atoms with E-state index in [4.69, 9.17) is 0 Å². The van der Waals surface area contributed by atoms with Gasteiger partial charge >= 0.3 is 6.18 Å². The van der Waals surface area contributed by atoms with Crippen LogP contribution in [0.3, 0.4) is 0 Å². The van der Waals surface area contributed by atoms with Gasteiger partial charge in [0.15, 0.2) is 5.82 Å². The molecule has 1 fully saturated rings. The molecule has 1 aliphatic rings. The van der Waals surface area contributed by atoms with Crippen LogP contribution < -0.4 is 10.4 Å². The Morgan fingerprint density at radius 2 is 2.06 bits per heavy atom. The fraction of sp³-hybridized carbons (Fsp3) is 0.545. The van der Waals surface area contributed by atoms with E-state index in [1.165, 1.54) is 17.3 Å². The monoisotopic (exact) mass is 245 g/mol. The number of hydrogen-bond donors (Lipinski definition) is 1. The summed E-state index contributed by atoms with van der Waals surface area (Å²) in [6.45, 7) is 1.24. The van der Waals surface area contributed by atoms with Crippen molar-refractivity contribution in [2.24, 2.45) is 0 Å². The molecule has 6 heteroatoms.